The normalized spacial score (nSPS) is 15.4. The second kappa shape index (κ2) is 6.72. The topological polar surface area (TPSA) is 82.9 Å². The number of piperazine rings is 1. The maximum atomic E-state index is 12.9. The number of hydrogen-bond donors (Lipinski definition) is 1. The molecular weight excluding hydrogens is 330 g/mol. The summed E-state index contributed by atoms with van der Waals surface area (Å²) in [4.78, 5) is 20.0. The summed E-state index contributed by atoms with van der Waals surface area (Å²) in [6.45, 7) is 5.06. The van der Waals surface area contributed by atoms with Crippen molar-refractivity contribution in [2.45, 2.75) is 6.92 Å². The van der Waals surface area contributed by atoms with E-state index in [0.29, 0.717) is 24.6 Å². The van der Waals surface area contributed by atoms with Crippen LogP contribution >= 0.6 is 0 Å². The second-order valence-electron chi connectivity index (χ2n) is 6.55. The van der Waals surface area contributed by atoms with Crippen LogP contribution in [0.15, 0.2) is 36.7 Å². The average molecular weight is 351 g/mol. The highest BCUT2D eigenvalue weighted by atomic mass is 16.2. The molecule has 8 nitrogen and oxygen atoms in total. The molecule has 1 N–H and O–H groups in total. The number of nitrogens with one attached hydrogen (secondary N) is 1. The molecule has 0 bridgehead atoms. The van der Waals surface area contributed by atoms with Gasteiger partial charge in [-0.2, -0.15) is 10.2 Å². The summed E-state index contributed by atoms with van der Waals surface area (Å²) in [5, 5.41) is 12.9. The van der Waals surface area contributed by atoms with Crippen molar-refractivity contribution in [3.8, 4) is 17.1 Å². The zero-order chi connectivity index (χ0) is 18.1. The molecule has 3 aromatic rings. The smallest absolute Gasteiger partial charge is 0.274 e. The van der Waals surface area contributed by atoms with Crippen LogP contribution in [0.5, 0.6) is 0 Å². The fourth-order valence-electron chi connectivity index (χ4n) is 3.03. The molecule has 1 fully saturated rings. The van der Waals surface area contributed by atoms with Crippen molar-refractivity contribution in [2.24, 2.45) is 0 Å². The van der Waals surface area contributed by atoms with Crippen LogP contribution in [-0.4, -0.2) is 73.9 Å². The number of H-pyrrole nitrogens is 1. The van der Waals surface area contributed by atoms with Crippen LogP contribution in [-0.2, 0) is 0 Å². The van der Waals surface area contributed by atoms with Crippen molar-refractivity contribution in [2.75, 3.05) is 33.2 Å². The number of carbonyl (C=O) groups is 1. The third-order valence-electron chi connectivity index (χ3n) is 4.61. The maximum absolute atomic E-state index is 12.9. The van der Waals surface area contributed by atoms with E-state index in [1.165, 1.54) is 0 Å². The van der Waals surface area contributed by atoms with Crippen LogP contribution in [0, 0.1) is 6.92 Å². The third kappa shape index (κ3) is 3.11. The van der Waals surface area contributed by atoms with Gasteiger partial charge in [0.2, 0.25) is 0 Å². The highest BCUT2D eigenvalue weighted by Crippen LogP contribution is 2.23. The van der Waals surface area contributed by atoms with Crippen LogP contribution in [0.4, 0.5) is 0 Å². The molecule has 0 unspecified atom stereocenters. The number of aryl methyl sites for hydroxylation is 1. The molecule has 4 rings (SSSR count). The molecule has 0 aliphatic carbocycles. The molecule has 0 atom stereocenters. The van der Waals surface area contributed by atoms with Crippen LogP contribution in [0.25, 0.3) is 17.1 Å². The number of hydrogen-bond acceptors (Lipinski definition) is 5. The van der Waals surface area contributed by atoms with Gasteiger partial charge < -0.3 is 14.8 Å². The van der Waals surface area contributed by atoms with E-state index in [-0.39, 0.29) is 5.91 Å². The Morgan fingerprint density at radius 2 is 1.92 bits per heavy atom. The zero-order valence-electron chi connectivity index (χ0n) is 14.9. The monoisotopic (exact) mass is 351 g/mol. The number of likely N-dealkylation sites (N-methyl/N-ethyl adjacent to an activating group) is 1. The summed E-state index contributed by atoms with van der Waals surface area (Å²) >= 11 is 0. The van der Waals surface area contributed by atoms with E-state index in [1.54, 1.807) is 4.68 Å². The lowest BCUT2D eigenvalue weighted by molar-refractivity contribution is 0.0657. The molecule has 1 aliphatic rings. The largest absolute Gasteiger partial charge is 0.367 e. The molecule has 134 valence electrons. The Morgan fingerprint density at radius 1 is 1.12 bits per heavy atom. The van der Waals surface area contributed by atoms with E-state index in [9.17, 15) is 4.79 Å². The minimum Gasteiger partial charge on any atom is -0.367 e. The molecule has 1 saturated heterocycles. The first-order chi connectivity index (χ1) is 12.6. The lowest BCUT2D eigenvalue weighted by Crippen LogP contribution is -2.47. The van der Waals surface area contributed by atoms with Crippen molar-refractivity contribution < 1.29 is 4.79 Å². The number of rotatable bonds is 3. The van der Waals surface area contributed by atoms with Gasteiger partial charge in [0.1, 0.15) is 0 Å². The summed E-state index contributed by atoms with van der Waals surface area (Å²) < 4.78 is 1.68. The van der Waals surface area contributed by atoms with Crippen molar-refractivity contribution in [3.05, 3.63) is 48.0 Å². The minimum absolute atomic E-state index is 0.0475. The Hall–Kier alpha value is -3.00. The summed E-state index contributed by atoms with van der Waals surface area (Å²) in [6, 6.07) is 7.51. The molecule has 0 saturated carbocycles. The van der Waals surface area contributed by atoms with E-state index < -0.39 is 0 Å². The van der Waals surface area contributed by atoms with Gasteiger partial charge in [0.15, 0.2) is 11.5 Å². The SMILES string of the molecule is Cc1ccc(-n2nc(C(=O)N3CCN(C)CC3)cc2-c2cc[nH]c2)nn1. The first-order valence-corrected chi connectivity index (χ1v) is 8.63. The second-order valence-corrected chi connectivity index (χ2v) is 6.55. The molecular formula is C18H21N7O. The van der Waals surface area contributed by atoms with Crippen molar-refractivity contribution in [3.63, 3.8) is 0 Å². The van der Waals surface area contributed by atoms with Gasteiger partial charge in [-0.3, -0.25) is 4.79 Å². The van der Waals surface area contributed by atoms with Crippen molar-refractivity contribution in [1.82, 2.24) is 34.8 Å². The molecule has 8 heteroatoms. The molecule has 1 amide bonds. The molecule has 0 aromatic carbocycles. The first kappa shape index (κ1) is 16.5. The standard InChI is InChI=1S/C18H21N7O/c1-13-3-4-17(21-20-13)25-16(14-5-6-19-12-14)11-15(22-25)18(26)24-9-7-23(2)8-10-24/h3-6,11-12,19H,7-10H2,1-2H3. The van der Waals surface area contributed by atoms with Gasteiger partial charge in [-0.05, 0) is 38.2 Å². The number of aromatic amines is 1. The quantitative estimate of drug-likeness (QED) is 0.770. The van der Waals surface area contributed by atoms with Gasteiger partial charge in [0.25, 0.3) is 5.91 Å². The van der Waals surface area contributed by atoms with Gasteiger partial charge >= 0.3 is 0 Å². The summed E-state index contributed by atoms with van der Waals surface area (Å²) in [7, 11) is 2.07. The molecule has 0 radical (unpaired) electrons. The number of aromatic nitrogens is 5. The predicted octanol–water partition coefficient (Wildman–Crippen LogP) is 1.35. The highest BCUT2D eigenvalue weighted by Gasteiger charge is 2.24. The van der Waals surface area contributed by atoms with Crippen LogP contribution in [0.1, 0.15) is 16.2 Å². The fourth-order valence-corrected chi connectivity index (χ4v) is 3.03. The van der Waals surface area contributed by atoms with Gasteiger partial charge in [-0.1, -0.05) is 0 Å². The van der Waals surface area contributed by atoms with E-state index in [1.807, 2.05) is 48.5 Å². The summed E-state index contributed by atoms with van der Waals surface area (Å²) in [6.07, 6.45) is 3.72. The minimum atomic E-state index is -0.0475. The van der Waals surface area contributed by atoms with Gasteiger partial charge in [0.05, 0.1) is 11.4 Å². The third-order valence-corrected chi connectivity index (χ3v) is 4.61. The Kier molecular flexibility index (Phi) is 4.26. The maximum Gasteiger partial charge on any atom is 0.274 e. The average Bonchev–Trinajstić information content (AvgIpc) is 3.32. The van der Waals surface area contributed by atoms with Gasteiger partial charge in [-0.15, -0.1) is 5.10 Å². The van der Waals surface area contributed by atoms with Gasteiger partial charge in [-0.25, -0.2) is 4.68 Å². The molecule has 0 spiro atoms. The number of carbonyl (C=O) groups excluding carboxylic acids is 1. The fraction of sp³-hybridized carbons (Fsp3) is 0.333. The van der Waals surface area contributed by atoms with E-state index in [4.69, 9.17) is 0 Å². The Bertz CT molecular complexity index is 890. The molecule has 26 heavy (non-hydrogen) atoms. The Balaban J connectivity index is 1.71. The number of amides is 1. The van der Waals surface area contributed by atoms with Crippen molar-refractivity contribution >= 4 is 5.91 Å². The first-order valence-electron chi connectivity index (χ1n) is 8.63. The number of nitrogens with zero attached hydrogens (tertiary/aromatic N) is 6. The molecule has 3 aromatic heterocycles. The van der Waals surface area contributed by atoms with Crippen LogP contribution < -0.4 is 0 Å². The molecule has 4 heterocycles. The molecule has 1 aliphatic heterocycles. The zero-order valence-corrected chi connectivity index (χ0v) is 14.9. The van der Waals surface area contributed by atoms with E-state index >= 15 is 0 Å². The highest BCUT2D eigenvalue weighted by molar-refractivity contribution is 5.93. The lowest BCUT2D eigenvalue weighted by Gasteiger charge is -2.31. The Morgan fingerprint density at radius 3 is 2.58 bits per heavy atom. The van der Waals surface area contributed by atoms with Crippen LogP contribution in [0.3, 0.4) is 0 Å². The summed E-state index contributed by atoms with van der Waals surface area (Å²) in [5.74, 6) is 0.540. The summed E-state index contributed by atoms with van der Waals surface area (Å²) in [5.41, 5.74) is 3.00. The van der Waals surface area contributed by atoms with E-state index in [2.05, 4.69) is 32.2 Å². The predicted molar refractivity (Wildman–Crippen MR) is 97.1 cm³/mol. The lowest BCUT2D eigenvalue weighted by atomic mass is 10.2. The van der Waals surface area contributed by atoms with Gasteiger partial charge in [0, 0.05) is 44.1 Å². The Labute approximate surface area is 151 Å². The van der Waals surface area contributed by atoms with Crippen LogP contribution in [0.2, 0.25) is 0 Å². The van der Waals surface area contributed by atoms with E-state index in [0.717, 1.165) is 30.0 Å². The van der Waals surface area contributed by atoms with Crippen molar-refractivity contribution in [1.29, 1.82) is 0 Å².